The van der Waals surface area contributed by atoms with Crippen molar-refractivity contribution < 1.29 is 4.79 Å². The Bertz CT molecular complexity index is 1070. The third-order valence-electron chi connectivity index (χ3n) is 6.40. The molecule has 0 aliphatic carbocycles. The maximum atomic E-state index is 12.8. The number of carbonyl (C=O) groups excluding carboxylic acids is 1. The minimum atomic E-state index is 0.00777. The van der Waals surface area contributed by atoms with Crippen molar-refractivity contribution in [1.29, 1.82) is 0 Å². The van der Waals surface area contributed by atoms with Crippen LogP contribution >= 0.6 is 0 Å². The number of amides is 1. The van der Waals surface area contributed by atoms with Gasteiger partial charge in [0.15, 0.2) is 5.65 Å². The van der Waals surface area contributed by atoms with Gasteiger partial charge in [-0.05, 0) is 36.5 Å². The highest BCUT2D eigenvalue weighted by Gasteiger charge is 2.26. The van der Waals surface area contributed by atoms with Crippen molar-refractivity contribution >= 4 is 22.8 Å². The van der Waals surface area contributed by atoms with Gasteiger partial charge in [0, 0.05) is 51.7 Å². The van der Waals surface area contributed by atoms with Gasteiger partial charge in [-0.2, -0.15) is 0 Å². The first-order valence-electron chi connectivity index (χ1n) is 11.1. The fraction of sp³-hybridized carbons (Fsp3) is 0.417. The van der Waals surface area contributed by atoms with Gasteiger partial charge in [-0.25, -0.2) is 9.97 Å². The monoisotopic (exact) mass is 416 g/mol. The van der Waals surface area contributed by atoms with E-state index in [1.807, 2.05) is 12.3 Å². The average molecular weight is 417 g/mol. The van der Waals surface area contributed by atoms with Crippen molar-refractivity contribution in [2.75, 3.05) is 37.6 Å². The van der Waals surface area contributed by atoms with Gasteiger partial charge in [0.25, 0.3) is 0 Å². The lowest BCUT2D eigenvalue weighted by atomic mass is 9.96. The minimum absolute atomic E-state index is 0.00777. The van der Waals surface area contributed by atoms with Crippen LogP contribution in [0.2, 0.25) is 0 Å². The summed E-state index contributed by atoms with van der Waals surface area (Å²) in [4.78, 5) is 30.5. The minimum Gasteiger partial charge on any atom is -0.369 e. The molecular formula is C24H28N6O. The summed E-state index contributed by atoms with van der Waals surface area (Å²) >= 11 is 0. The van der Waals surface area contributed by atoms with E-state index in [0.717, 1.165) is 63.2 Å². The second kappa shape index (κ2) is 8.98. The first-order valence-corrected chi connectivity index (χ1v) is 11.1. The summed E-state index contributed by atoms with van der Waals surface area (Å²) in [6.45, 7) is 5.28. The van der Waals surface area contributed by atoms with Gasteiger partial charge >= 0.3 is 0 Å². The number of aromatic nitrogens is 3. The predicted molar refractivity (Wildman–Crippen MR) is 121 cm³/mol. The lowest BCUT2D eigenvalue weighted by Gasteiger charge is -2.34. The molecule has 31 heavy (non-hydrogen) atoms. The Morgan fingerprint density at radius 2 is 1.97 bits per heavy atom. The van der Waals surface area contributed by atoms with E-state index in [-0.39, 0.29) is 11.8 Å². The highest BCUT2D eigenvalue weighted by atomic mass is 16.1. The average Bonchev–Trinajstić information content (AvgIpc) is 2.83. The van der Waals surface area contributed by atoms with E-state index in [2.05, 4.69) is 54.3 Å². The standard InChI is InChI=1S/C24H28N6O/c31-24(27-10-13-29-12-7-18-4-1-2-5-19(18)16-29)20-6-3-11-30(17-20)21-14-22-23(28-15-21)26-9-8-25-22/h1-2,4-5,8-9,14-15,20H,3,6-7,10-13,16-17H2,(H,27,31)/t20-/m1/s1. The van der Waals surface area contributed by atoms with E-state index in [1.165, 1.54) is 11.1 Å². The number of piperidine rings is 1. The molecule has 0 radical (unpaired) electrons. The molecule has 3 aromatic rings. The molecule has 5 rings (SSSR count). The number of hydrogen-bond donors (Lipinski definition) is 1. The molecule has 4 heterocycles. The molecule has 2 aliphatic rings. The van der Waals surface area contributed by atoms with Crippen LogP contribution in [0.15, 0.2) is 48.9 Å². The third-order valence-corrected chi connectivity index (χ3v) is 6.40. The molecule has 2 aliphatic heterocycles. The lowest BCUT2D eigenvalue weighted by Crippen LogP contribution is -2.45. The molecule has 1 atom stereocenters. The van der Waals surface area contributed by atoms with E-state index in [1.54, 1.807) is 12.4 Å². The van der Waals surface area contributed by atoms with Gasteiger partial charge < -0.3 is 10.2 Å². The van der Waals surface area contributed by atoms with E-state index >= 15 is 0 Å². The zero-order valence-electron chi connectivity index (χ0n) is 17.7. The second-order valence-corrected chi connectivity index (χ2v) is 8.46. The second-order valence-electron chi connectivity index (χ2n) is 8.46. The molecule has 0 unspecified atom stereocenters. The topological polar surface area (TPSA) is 74.2 Å². The fourth-order valence-corrected chi connectivity index (χ4v) is 4.67. The van der Waals surface area contributed by atoms with E-state index in [9.17, 15) is 4.79 Å². The summed E-state index contributed by atoms with van der Waals surface area (Å²) < 4.78 is 0. The van der Waals surface area contributed by atoms with Crippen LogP contribution in [-0.4, -0.2) is 58.5 Å². The number of nitrogens with zero attached hydrogens (tertiary/aromatic N) is 5. The summed E-state index contributed by atoms with van der Waals surface area (Å²) in [5, 5.41) is 3.18. The van der Waals surface area contributed by atoms with Gasteiger partial charge in [-0.15, -0.1) is 0 Å². The number of benzene rings is 1. The number of nitrogens with one attached hydrogen (secondary N) is 1. The zero-order chi connectivity index (χ0) is 21.0. The maximum absolute atomic E-state index is 12.8. The van der Waals surface area contributed by atoms with Crippen molar-refractivity contribution in [3.63, 3.8) is 0 Å². The molecular weight excluding hydrogens is 388 g/mol. The quantitative estimate of drug-likeness (QED) is 0.689. The Hall–Kier alpha value is -3.06. The van der Waals surface area contributed by atoms with Crippen LogP contribution < -0.4 is 10.2 Å². The van der Waals surface area contributed by atoms with Crippen LogP contribution in [0.25, 0.3) is 11.2 Å². The van der Waals surface area contributed by atoms with Crippen LogP contribution in [0.4, 0.5) is 5.69 Å². The maximum Gasteiger partial charge on any atom is 0.224 e. The first-order chi connectivity index (χ1) is 15.3. The molecule has 1 fully saturated rings. The van der Waals surface area contributed by atoms with E-state index in [0.29, 0.717) is 12.2 Å². The number of fused-ring (bicyclic) bond motifs is 2. The van der Waals surface area contributed by atoms with Crippen molar-refractivity contribution in [3.8, 4) is 0 Å². The molecule has 1 saturated heterocycles. The van der Waals surface area contributed by atoms with Crippen LogP contribution in [0.1, 0.15) is 24.0 Å². The molecule has 1 aromatic carbocycles. The Balaban J connectivity index is 1.14. The molecule has 0 saturated carbocycles. The van der Waals surface area contributed by atoms with Crippen LogP contribution in [0.3, 0.4) is 0 Å². The summed E-state index contributed by atoms with van der Waals surface area (Å²) in [6.07, 6.45) is 8.19. The number of pyridine rings is 1. The number of carbonyl (C=O) groups is 1. The first kappa shape index (κ1) is 19.9. The molecule has 7 nitrogen and oxygen atoms in total. The van der Waals surface area contributed by atoms with Crippen LogP contribution in [0.5, 0.6) is 0 Å². The Labute approximate surface area is 182 Å². The molecule has 160 valence electrons. The molecule has 0 spiro atoms. The van der Waals surface area contributed by atoms with E-state index < -0.39 is 0 Å². The molecule has 2 aromatic heterocycles. The number of hydrogen-bond acceptors (Lipinski definition) is 6. The molecule has 1 amide bonds. The highest BCUT2D eigenvalue weighted by Crippen LogP contribution is 2.24. The Kier molecular flexibility index (Phi) is 5.76. The summed E-state index contributed by atoms with van der Waals surface area (Å²) in [7, 11) is 0. The Morgan fingerprint density at radius 1 is 1.10 bits per heavy atom. The summed E-state index contributed by atoms with van der Waals surface area (Å²) in [6, 6.07) is 10.7. The van der Waals surface area contributed by atoms with Crippen molar-refractivity contribution in [3.05, 3.63) is 60.0 Å². The van der Waals surface area contributed by atoms with Crippen molar-refractivity contribution in [2.24, 2.45) is 5.92 Å². The van der Waals surface area contributed by atoms with Crippen molar-refractivity contribution in [1.82, 2.24) is 25.2 Å². The number of anilines is 1. The smallest absolute Gasteiger partial charge is 0.224 e. The van der Waals surface area contributed by atoms with Crippen LogP contribution in [-0.2, 0) is 17.8 Å². The molecule has 0 bridgehead atoms. The lowest BCUT2D eigenvalue weighted by molar-refractivity contribution is -0.125. The SMILES string of the molecule is O=C(NCCN1CCc2ccccc2C1)[C@@H]1CCCN(c2cnc3nccnc3c2)C1. The number of rotatable bonds is 5. The van der Waals surface area contributed by atoms with Gasteiger partial charge in [-0.3, -0.25) is 14.7 Å². The highest BCUT2D eigenvalue weighted by molar-refractivity contribution is 5.80. The molecule has 1 N–H and O–H groups in total. The van der Waals surface area contributed by atoms with Gasteiger partial charge in [-0.1, -0.05) is 24.3 Å². The summed E-state index contributed by atoms with van der Waals surface area (Å²) in [5.41, 5.74) is 5.32. The Morgan fingerprint density at radius 3 is 2.90 bits per heavy atom. The van der Waals surface area contributed by atoms with Crippen LogP contribution in [0, 0.1) is 5.92 Å². The van der Waals surface area contributed by atoms with Crippen molar-refractivity contribution in [2.45, 2.75) is 25.8 Å². The largest absolute Gasteiger partial charge is 0.369 e. The van der Waals surface area contributed by atoms with E-state index in [4.69, 9.17) is 0 Å². The van der Waals surface area contributed by atoms with Gasteiger partial charge in [0.05, 0.1) is 17.8 Å². The predicted octanol–water partition coefficient (Wildman–Crippen LogP) is 2.42. The normalized spacial score (nSPS) is 19.2. The van der Waals surface area contributed by atoms with Gasteiger partial charge in [0.1, 0.15) is 5.52 Å². The fourth-order valence-electron chi connectivity index (χ4n) is 4.67. The molecule has 7 heteroatoms. The zero-order valence-corrected chi connectivity index (χ0v) is 17.7. The van der Waals surface area contributed by atoms with Gasteiger partial charge in [0.2, 0.25) is 5.91 Å². The summed E-state index contributed by atoms with van der Waals surface area (Å²) in [5.74, 6) is 0.170. The third kappa shape index (κ3) is 4.51.